The molecule has 0 saturated carbocycles. The summed E-state index contributed by atoms with van der Waals surface area (Å²) in [4.78, 5) is 0. The number of nitrogens with one attached hydrogen (secondary N) is 1. The molecule has 0 saturated heterocycles. The first kappa shape index (κ1) is 22.5. The van der Waals surface area contributed by atoms with Crippen LogP contribution in [0, 0.1) is 6.92 Å². The van der Waals surface area contributed by atoms with E-state index in [1.807, 2.05) is 60.7 Å². The molecule has 0 amide bonds. The molecule has 4 heteroatoms. The third-order valence-corrected chi connectivity index (χ3v) is 12.8. The second-order valence-electron chi connectivity index (χ2n) is 8.84. The van der Waals surface area contributed by atoms with Crippen LogP contribution in [0.1, 0.15) is 16.8 Å². The molecule has 0 fully saturated rings. The van der Waals surface area contributed by atoms with Crippen LogP contribution in [0.3, 0.4) is 0 Å². The van der Waals surface area contributed by atoms with E-state index in [0.29, 0.717) is 0 Å². The average Bonchev–Trinajstić information content (AvgIpc) is 2.84. The van der Waals surface area contributed by atoms with E-state index in [1.54, 1.807) is 0 Å². The van der Waals surface area contributed by atoms with Crippen molar-refractivity contribution in [2.75, 3.05) is 0 Å². The molecule has 0 aliphatic carbocycles. The lowest BCUT2D eigenvalue weighted by Gasteiger charge is -2.37. The van der Waals surface area contributed by atoms with Gasteiger partial charge in [0, 0.05) is 16.3 Å². The molecule has 0 aliphatic rings. The van der Waals surface area contributed by atoms with E-state index in [0.717, 1.165) is 10.6 Å². The van der Waals surface area contributed by atoms with Crippen molar-refractivity contribution in [2.45, 2.75) is 25.7 Å². The molecule has 0 spiro atoms. The molecule has 2 nitrogen and oxygen atoms in total. The van der Waals surface area contributed by atoms with E-state index in [1.165, 1.54) is 16.3 Å². The van der Waals surface area contributed by atoms with Crippen molar-refractivity contribution in [3.63, 3.8) is 0 Å². The van der Waals surface area contributed by atoms with Gasteiger partial charge in [0.2, 0.25) is 7.29 Å². The number of hydrogen-bond acceptors (Lipinski definition) is 1. The van der Waals surface area contributed by atoms with Crippen molar-refractivity contribution in [3.8, 4) is 0 Å². The van der Waals surface area contributed by atoms with Gasteiger partial charge in [0.05, 0.1) is 0 Å². The Bertz CT molecular complexity index is 1170. The standard InChI is InChI=1S/C28H30NOPSi/c1-23-14-13-15-24(22-23)28(32(2,3)27-20-11-6-12-21-27)29-31(30,25-16-7-4-8-17-25)26-18-9-5-10-19-26/h4-22,28H,1-3H3,(H,29,30)/t28-/m0/s1. The Hall–Kier alpha value is -2.71. The second-order valence-corrected chi connectivity index (χ2v) is 16.0. The Morgan fingerprint density at radius 3 is 1.69 bits per heavy atom. The third kappa shape index (κ3) is 4.56. The van der Waals surface area contributed by atoms with Gasteiger partial charge in [-0.25, -0.2) is 0 Å². The van der Waals surface area contributed by atoms with Crippen LogP contribution in [0.5, 0.6) is 0 Å². The lowest BCUT2D eigenvalue weighted by molar-refractivity contribution is 0.575. The first-order chi connectivity index (χ1) is 15.4. The zero-order valence-electron chi connectivity index (χ0n) is 18.9. The minimum atomic E-state index is -3.09. The Kier molecular flexibility index (Phi) is 6.62. The van der Waals surface area contributed by atoms with Gasteiger partial charge < -0.3 is 0 Å². The molecule has 0 unspecified atom stereocenters. The molecule has 0 aromatic heterocycles. The molecule has 0 heterocycles. The molecule has 1 N–H and O–H groups in total. The highest BCUT2D eigenvalue weighted by Gasteiger charge is 2.40. The summed E-state index contributed by atoms with van der Waals surface area (Å²) in [6.45, 7) is 6.84. The number of rotatable bonds is 7. The fraction of sp³-hybridized carbons (Fsp3) is 0.143. The zero-order chi connectivity index (χ0) is 22.6. The highest BCUT2D eigenvalue weighted by molar-refractivity contribution is 7.77. The maximum atomic E-state index is 14.9. The summed E-state index contributed by atoms with van der Waals surface area (Å²) in [5, 5.41) is 6.77. The predicted molar refractivity (Wildman–Crippen MR) is 140 cm³/mol. The molecular formula is C28H30NOPSi. The molecule has 4 rings (SSSR count). The van der Waals surface area contributed by atoms with E-state index in [-0.39, 0.29) is 5.67 Å². The number of benzene rings is 4. The Morgan fingerprint density at radius 2 is 1.19 bits per heavy atom. The Balaban J connectivity index is 1.89. The topological polar surface area (TPSA) is 29.1 Å². The number of hydrogen-bond donors (Lipinski definition) is 1. The minimum absolute atomic E-state index is 0.0314. The van der Waals surface area contributed by atoms with Crippen LogP contribution in [-0.2, 0) is 4.57 Å². The van der Waals surface area contributed by atoms with E-state index in [2.05, 4.69) is 79.7 Å². The lowest BCUT2D eigenvalue weighted by atomic mass is 10.1. The lowest BCUT2D eigenvalue weighted by Crippen LogP contribution is -2.53. The SMILES string of the molecule is Cc1cccc([C@@H](NP(=O)(c2ccccc2)c2ccccc2)[Si](C)(C)c2ccccc2)c1. The minimum Gasteiger partial charge on any atom is -0.297 e. The van der Waals surface area contributed by atoms with Gasteiger partial charge in [0.15, 0.2) is 0 Å². The summed E-state index contributed by atoms with van der Waals surface area (Å²) in [6.07, 6.45) is 0. The van der Waals surface area contributed by atoms with Gasteiger partial charge in [0.25, 0.3) is 0 Å². The largest absolute Gasteiger partial charge is 0.297 e. The summed E-state index contributed by atoms with van der Waals surface area (Å²) in [5.74, 6) is 0. The van der Waals surface area contributed by atoms with Crippen molar-refractivity contribution in [1.29, 1.82) is 0 Å². The van der Waals surface area contributed by atoms with E-state index < -0.39 is 15.4 Å². The van der Waals surface area contributed by atoms with E-state index >= 15 is 0 Å². The molecule has 0 radical (unpaired) electrons. The van der Waals surface area contributed by atoms with Crippen LogP contribution >= 0.6 is 7.29 Å². The van der Waals surface area contributed by atoms with Gasteiger partial charge in [-0.2, -0.15) is 0 Å². The normalized spacial score (nSPS) is 13.0. The van der Waals surface area contributed by atoms with Gasteiger partial charge in [0.1, 0.15) is 8.07 Å². The molecule has 0 aliphatic heterocycles. The maximum absolute atomic E-state index is 14.9. The first-order valence-electron chi connectivity index (χ1n) is 11.0. The molecule has 162 valence electrons. The molecule has 4 aromatic rings. The highest BCUT2D eigenvalue weighted by Crippen LogP contribution is 2.44. The van der Waals surface area contributed by atoms with Crippen LogP contribution in [0.15, 0.2) is 115 Å². The van der Waals surface area contributed by atoms with Crippen molar-refractivity contribution >= 4 is 31.2 Å². The first-order valence-corrected chi connectivity index (χ1v) is 15.8. The summed E-state index contributed by atoms with van der Waals surface area (Å²) in [7, 11) is -5.22. The van der Waals surface area contributed by atoms with Crippen molar-refractivity contribution < 1.29 is 4.57 Å². The molecular weight excluding hydrogens is 425 g/mol. The van der Waals surface area contributed by atoms with Crippen LogP contribution < -0.4 is 20.9 Å². The van der Waals surface area contributed by atoms with Crippen molar-refractivity contribution in [3.05, 3.63) is 126 Å². The maximum Gasteiger partial charge on any atom is 0.204 e. The van der Waals surface area contributed by atoms with Crippen LogP contribution in [-0.4, -0.2) is 8.07 Å². The monoisotopic (exact) mass is 455 g/mol. The van der Waals surface area contributed by atoms with Crippen LogP contribution in [0.2, 0.25) is 13.1 Å². The summed E-state index contributed by atoms with van der Waals surface area (Å²) in [6, 6.07) is 39.0. The predicted octanol–water partition coefficient (Wildman–Crippen LogP) is 5.71. The molecule has 1 atom stereocenters. The van der Waals surface area contributed by atoms with Gasteiger partial charge in [-0.1, -0.05) is 115 Å². The van der Waals surface area contributed by atoms with Crippen molar-refractivity contribution in [1.82, 2.24) is 5.09 Å². The second kappa shape index (κ2) is 9.42. The van der Waals surface area contributed by atoms with Gasteiger partial charge >= 0.3 is 0 Å². The smallest absolute Gasteiger partial charge is 0.204 e. The van der Waals surface area contributed by atoms with Gasteiger partial charge in [-0.05, 0) is 36.8 Å². The molecule has 32 heavy (non-hydrogen) atoms. The van der Waals surface area contributed by atoms with Crippen LogP contribution in [0.25, 0.3) is 0 Å². The van der Waals surface area contributed by atoms with E-state index in [4.69, 9.17) is 0 Å². The fourth-order valence-electron chi connectivity index (χ4n) is 4.29. The average molecular weight is 456 g/mol. The summed E-state index contributed by atoms with van der Waals surface area (Å²) >= 11 is 0. The quantitative estimate of drug-likeness (QED) is 0.286. The fourth-order valence-corrected chi connectivity index (χ4v) is 10.8. The highest BCUT2D eigenvalue weighted by atomic mass is 31.2. The zero-order valence-corrected chi connectivity index (χ0v) is 20.8. The van der Waals surface area contributed by atoms with Crippen LogP contribution in [0.4, 0.5) is 0 Å². The van der Waals surface area contributed by atoms with Gasteiger partial charge in [-0.15, -0.1) is 0 Å². The van der Waals surface area contributed by atoms with E-state index in [9.17, 15) is 4.57 Å². The summed E-state index contributed by atoms with van der Waals surface area (Å²) in [5.41, 5.74) is 2.37. The van der Waals surface area contributed by atoms with Gasteiger partial charge in [-0.3, -0.25) is 9.65 Å². The molecule has 0 bridgehead atoms. The number of aryl methyl sites for hydroxylation is 1. The summed E-state index contributed by atoms with van der Waals surface area (Å²) < 4.78 is 14.9. The molecule has 4 aromatic carbocycles. The Labute approximate surface area is 192 Å². The van der Waals surface area contributed by atoms with Crippen molar-refractivity contribution in [2.24, 2.45) is 0 Å². The third-order valence-electron chi connectivity index (χ3n) is 6.17. The Morgan fingerprint density at radius 1 is 0.688 bits per heavy atom.